The number of hydrogen-bond donors (Lipinski definition) is 1. The van der Waals surface area contributed by atoms with Gasteiger partial charge in [0.2, 0.25) is 0 Å². The predicted molar refractivity (Wildman–Crippen MR) is 130 cm³/mol. The number of anilines is 1. The molecule has 0 amide bonds. The quantitative estimate of drug-likeness (QED) is 0.398. The van der Waals surface area contributed by atoms with Crippen LogP contribution >= 0.6 is 11.6 Å². The summed E-state index contributed by atoms with van der Waals surface area (Å²) in [5.74, 6) is -0.205. The molecule has 4 aromatic rings. The highest BCUT2D eigenvalue weighted by atomic mass is 35.5. The molecule has 2 fully saturated rings. The predicted octanol–water partition coefficient (Wildman–Crippen LogP) is 5.09. The summed E-state index contributed by atoms with van der Waals surface area (Å²) in [6.45, 7) is 2.61. The van der Waals surface area contributed by atoms with Crippen molar-refractivity contribution in [2.45, 2.75) is 37.8 Å². The Morgan fingerprint density at radius 2 is 1.89 bits per heavy atom. The minimum absolute atomic E-state index is 0.164. The third kappa shape index (κ3) is 4.12. The number of aromatic nitrogens is 5. The Balaban J connectivity index is 1.41. The largest absolute Gasteiger partial charge is 0.349 e. The maximum atomic E-state index is 15.2. The second-order valence-electron chi connectivity index (χ2n) is 9.09. The molecule has 1 atom stereocenters. The van der Waals surface area contributed by atoms with Gasteiger partial charge in [-0.1, -0.05) is 11.6 Å². The molecule has 2 aliphatic heterocycles. The van der Waals surface area contributed by atoms with Crippen LogP contribution in [0, 0.1) is 11.6 Å². The Labute approximate surface area is 206 Å². The van der Waals surface area contributed by atoms with E-state index < -0.39 is 11.6 Å². The molecule has 0 aromatic carbocycles. The average molecular weight is 496 g/mol. The summed E-state index contributed by atoms with van der Waals surface area (Å²) >= 11 is 6.32. The van der Waals surface area contributed by atoms with E-state index in [1.807, 2.05) is 23.0 Å². The van der Waals surface area contributed by atoms with Crippen molar-refractivity contribution in [1.82, 2.24) is 30.0 Å². The van der Waals surface area contributed by atoms with Gasteiger partial charge in [-0.25, -0.2) is 18.7 Å². The van der Waals surface area contributed by atoms with E-state index in [1.165, 1.54) is 12.3 Å². The van der Waals surface area contributed by atoms with Crippen LogP contribution in [0.5, 0.6) is 0 Å². The molecule has 7 nitrogen and oxygen atoms in total. The van der Waals surface area contributed by atoms with Crippen molar-refractivity contribution in [3.8, 4) is 11.1 Å². The molecule has 2 saturated heterocycles. The molecule has 10 heteroatoms. The maximum Gasteiger partial charge on any atom is 0.151 e. The number of piperidine rings is 1. The number of halogens is 3. The first-order chi connectivity index (χ1) is 17.1. The number of rotatable bonds is 4. The highest BCUT2D eigenvalue weighted by Gasteiger charge is 2.30. The Morgan fingerprint density at radius 3 is 2.74 bits per heavy atom. The lowest BCUT2D eigenvalue weighted by Gasteiger charge is -2.27. The summed E-state index contributed by atoms with van der Waals surface area (Å²) < 4.78 is 31.0. The standard InChI is InChI=1S/C25H24ClF2N7/c26-25-18(10-16(27)12-31-25)21-2-1-9-34(21)22-4-3-20-24(33-22)23(19(28)13-30-20)15-11-32-35(14-15)17-5-7-29-8-6-17/h3-4,10-14,17,21,29H,1-2,5-9H2/t21-/m1/s1. The Kier molecular flexibility index (Phi) is 5.82. The first-order valence-electron chi connectivity index (χ1n) is 11.9. The van der Waals surface area contributed by atoms with Crippen molar-refractivity contribution in [2.24, 2.45) is 0 Å². The van der Waals surface area contributed by atoms with Gasteiger partial charge in [0.25, 0.3) is 0 Å². The van der Waals surface area contributed by atoms with E-state index in [0.29, 0.717) is 39.6 Å². The van der Waals surface area contributed by atoms with Gasteiger partial charge in [0.05, 0.1) is 41.8 Å². The Hall–Kier alpha value is -3.17. The topological polar surface area (TPSA) is 71.8 Å². The monoisotopic (exact) mass is 495 g/mol. The van der Waals surface area contributed by atoms with E-state index >= 15 is 4.39 Å². The summed E-state index contributed by atoms with van der Waals surface area (Å²) in [5, 5.41) is 8.17. The van der Waals surface area contributed by atoms with E-state index in [1.54, 1.807) is 6.20 Å². The lowest BCUT2D eigenvalue weighted by Crippen LogP contribution is -2.29. The first-order valence-corrected chi connectivity index (χ1v) is 12.2. The summed E-state index contributed by atoms with van der Waals surface area (Å²) in [5.41, 5.74) is 2.76. The van der Waals surface area contributed by atoms with Crippen molar-refractivity contribution in [1.29, 1.82) is 0 Å². The van der Waals surface area contributed by atoms with Crippen LogP contribution < -0.4 is 10.2 Å². The van der Waals surface area contributed by atoms with Crippen molar-refractivity contribution in [3.63, 3.8) is 0 Å². The van der Waals surface area contributed by atoms with Crippen LogP contribution in [0.2, 0.25) is 5.15 Å². The van der Waals surface area contributed by atoms with Crippen LogP contribution in [0.15, 0.2) is 43.0 Å². The number of pyridine rings is 3. The third-order valence-corrected chi connectivity index (χ3v) is 7.28. The zero-order valence-corrected chi connectivity index (χ0v) is 19.7. The smallest absolute Gasteiger partial charge is 0.151 e. The van der Waals surface area contributed by atoms with Gasteiger partial charge < -0.3 is 10.2 Å². The van der Waals surface area contributed by atoms with E-state index in [9.17, 15) is 4.39 Å². The minimum Gasteiger partial charge on any atom is -0.349 e. The molecule has 0 radical (unpaired) electrons. The minimum atomic E-state index is -0.442. The van der Waals surface area contributed by atoms with Crippen LogP contribution in [-0.2, 0) is 0 Å². The molecular formula is C25H24ClF2N7. The van der Waals surface area contributed by atoms with Gasteiger partial charge in [0, 0.05) is 23.9 Å². The SMILES string of the molecule is Fc1cnc(Cl)c([C@H]2CCCN2c2ccc3ncc(F)c(-c4cnn(C5CCNCC5)c4)c3n2)c1. The summed E-state index contributed by atoms with van der Waals surface area (Å²) in [4.78, 5) is 15.2. The van der Waals surface area contributed by atoms with Gasteiger partial charge in [-0.2, -0.15) is 5.10 Å². The van der Waals surface area contributed by atoms with Crippen LogP contribution in [0.3, 0.4) is 0 Å². The number of nitrogens with zero attached hydrogens (tertiary/aromatic N) is 6. The van der Waals surface area contributed by atoms with E-state index in [4.69, 9.17) is 16.6 Å². The van der Waals surface area contributed by atoms with Crippen molar-refractivity contribution in [2.75, 3.05) is 24.5 Å². The normalized spacial score (nSPS) is 19.1. The fraction of sp³-hybridized carbons (Fsp3) is 0.360. The van der Waals surface area contributed by atoms with Crippen LogP contribution in [0.25, 0.3) is 22.2 Å². The molecule has 1 N–H and O–H groups in total. The van der Waals surface area contributed by atoms with Gasteiger partial charge in [0.1, 0.15) is 22.3 Å². The summed E-state index contributed by atoms with van der Waals surface area (Å²) in [6.07, 6.45) is 9.61. The van der Waals surface area contributed by atoms with E-state index in [-0.39, 0.29) is 11.2 Å². The molecule has 6 heterocycles. The van der Waals surface area contributed by atoms with Crippen molar-refractivity contribution in [3.05, 3.63) is 65.3 Å². The molecule has 180 valence electrons. The Morgan fingerprint density at radius 1 is 1.03 bits per heavy atom. The second kappa shape index (κ2) is 9.13. The zero-order valence-electron chi connectivity index (χ0n) is 19.0. The Bertz CT molecular complexity index is 1390. The lowest BCUT2D eigenvalue weighted by molar-refractivity contribution is 0.343. The molecule has 0 saturated carbocycles. The molecule has 0 spiro atoms. The fourth-order valence-electron chi connectivity index (χ4n) is 5.24. The fourth-order valence-corrected chi connectivity index (χ4v) is 5.47. The first kappa shape index (κ1) is 22.3. The van der Waals surface area contributed by atoms with Gasteiger partial charge in [0.15, 0.2) is 5.82 Å². The van der Waals surface area contributed by atoms with Crippen LogP contribution in [0.1, 0.15) is 43.3 Å². The van der Waals surface area contributed by atoms with E-state index in [0.717, 1.165) is 51.5 Å². The van der Waals surface area contributed by atoms with Crippen LogP contribution in [-0.4, -0.2) is 44.4 Å². The molecular weight excluding hydrogens is 472 g/mol. The zero-order chi connectivity index (χ0) is 23.9. The molecule has 0 bridgehead atoms. The van der Waals surface area contributed by atoms with Gasteiger partial charge in [-0.3, -0.25) is 9.67 Å². The third-order valence-electron chi connectivity index (χ3n) is 6.96. The summed E-state index contributed by atoms with van der Waals surface area (Å²) in [6, 6.07) is 5.27. The number of fused-ring (bicyclic) bond motifs is 1. The highest BCUT2D eigenvalue weighted by Crippen LogP contribution is 2.39. The second-order valence-corrected chi connectivity index (χ2v) is 9.45. The highest BCUT2D eigenvalue weighted by molar-refractivity contribution is 6.30. The van der Waals surface area contributed by atoms with Gasteiger partial charge >= 0.3 is 0 Å². The summed E-state index contributed by atoms with van der Waals surface area (Å²) in [7, 11) is 0. The number of nitrogens with one attached hydrogen (secondary N) is 1. The maximum absolute atomic E-state index is 15.2. The van der Waals surface area contributed by atoms with Crippen molar-refractivity contribution < 1.29 is 8.78 Å². The van der Waals surface area contributed by atoms with Crippen LogP contribution in [0.4, 0.5) is 14.6 Å². The van der Waals surface area contributed by atoms with Crippen molar-refractivity contribution >= 4 is 28.5 Å². The van der Waals surface area contributed by atoms with Gasteiger partial charge in [-0.05, 0) is 57.0 Å². The van der Waals surface area contributed by atoms with Gasteiger partial charge in [-0.15, -0.1) is 0 Å². The molecule has 35 heavy (non-hydrogen) atoms. The molecule has 2 aliphatic rings. The number of hydrogen-bond acceptors (Lipinski definition) is 6. The molecule has 0 aliphatic carbocycles. The average Bonchev–Trinajstić information content (AvgIpc) is 3.56. The van der Waals surface area contributed by atoms with E-state index in [2.05, 4.69) is 25.3 Å². The molecule has 0 unspecified atom stereocenters. The molecule has 6 rings (SSSR count). The molecule has 4 aromatic heterocycles. The lowest BCUT2D eigenvalue weighted by atomic mass is 10.1.